The molecule has 0 radical (unpaired) electrons. The SMILES string of the molecule is O=C(OC1C[N+]2(CC(O)c3ccccc3)CCC1CC2)C(Nc1ccccc1)c1ccccc1. The largest absolute Gasteiger partial charge is 0.454 e. The van der Waals surface area contributed by atoms with Crippen LogP contribution in [0.1, 0.15) is 36.1 Å². The van der Waals surface area contributed by atoms with Crippen molar-refractivity contribution >= 4 is 11.7 Å². The molecule has 5 heteroatoms. The maximum Gasteiger partial charge on any atom is 0.333 e. The number of piperidine rings is 3. The minimum absolute atomic E-state index is 0.123. The lowest BCUT2D eigenvalue weighted by Crippen LogP contribution is -2.65. The molecule has 3 saturated heterocycles. The van der Waals surface area contributed by atoms with Crippen LogP contribution >= 0.6 is 0 Å². The van der Waals surface area contributed by atoms with Gasteiger partial charge in [0.1, 0.15) is 19.2 Å². The van der Waals surface area contributed by atoms with Crippen molar-refractivity contribution in [1.82, 2.24) is 0 Å². The van der Waals surface area contributed by atoms with Crippen molar-refractivity contribution < 1.29 is 19.1 Å². The number of hydrogen-bond donors (Lipinski definition) is 2. The standard InChI is InChI=1S/C29H33N2O3/c32-26(22-10-4-1-5-11-22)20-31-18-16-23(17-19-31)27(21-31)34-29(33)28(24-12-6-2-7-13-24)30-25-14-8-3-9-15-25/h1-15,23,26-28,30,32H,16-21H2/q+1. The lowest BCUT2D eigenvalue weighted by Gasteiger charge is -2.52. The Bertz CT molecular complexity index is 1070. The van der Waals surface area contributed by atoms with Gasteiger partial charge in [0, 0.05) is 24.4 Å². The van der Waals surface area contributed by atoms with Gasteiger partial charge < -0.3 is 19.6 Å². The summed E-state index contributed by atoms with van der Waals surface area (Å²) in [6.07, 6.45) is 1.43. The number of esters is 1. The maximum atomic E-state index is 13.5. The van der Waals surface area contributed by atoms with Gasteiger partial charge in [0.2, 0.25) is 0 Å². The normalized spacial score (nSPS) is 25.3. The molecule has 34 heavy (non-hydrogen) atoms. The average molecular weight is 458 g/mol. The molecular weight excluding hydrogens is 424 g/mol. The highest BCUT2D eigenvalue weighted by Crippen LogP contribution is 2.38. The summed E-state index contributed by atoms with van der Waals surface area (Å²) < 4.78 is 7.04. The molecule has 3 atom stereocenters. The summed E-state index contributed by atoms with van der Waals surface area (Å²) in [6.45, 7) is 3.50. The van der Waals surface area contributed by atoms with Crippen LogP contribution in [0.4, 0.5) is 5.69 Å². The number of nitrogens with zero attached hydrogens (tertiary/aromatic N) is 1. The van der Waals surface area contributed by atoms with Crippen molar-refractivity contribution in [2.75, 3.05) is 31.5 Å². The van der Waals surface area contributed by atoms with Crippen LogP contribution in [-0.2, 0) is 9.53 Å². The summed E-state index contributed by atoms with van der Waals surface area (Å²) in [6, 6.07) is 28.9. The second-order valence-corrected chi connectivity index (χ2v) is 9.75. The highest BCUT2D eigenvalue weighted by Gasteiger charge is 2.48. The number of benzene rings is 3. The van der Waals surface area contributed by atoms with E-state index in [0.717, 1.165) is 53.8 Å². The summed E-state index contributed by atoms with van der Waals surface area (Å²) in [5, 5.41) is 14.3. The molecule has 2 N–H and O–H groups in total. The molecule has 3 aliphatic rings. The van der Waals surface area contributed by atoms with Crippen LogP contribution in [0.25, 0.3) is 0 Å². The van der Waals surface area contributed by atoms with Crippen molar-refractivity contribution in [3.8, 4) is 0 Å². The molecular formula is C29H33N2O3+. The van der Waals surface area contributed by atoms with Crippen LogP contribution < -0.4 is 5.32 Å². The van der Waals surface area contributed by atoms with E-state index >= 15 is 0 Å². The second kappa shape index (κ2) is 10.00. The highest BCUT2D eigenvalue weighted by molar-refractivity contribution is 5.81. The number of aliphatic hydroxyl groups excluding tert-OH is 1. The van der Waals surface area contributed by atoms with Crippen LogP contribution in [0.15, 0.2) is 91.0 Å². The van der Waals surface area contributed by atoms with Gasteiger partial charge in [-0.2, -0.15) is 0 Å². The number of para-hydroxylation sites is 1. The first-order valence-electron chi connectivity index (χ1n) is 12.3. The van der Waals surface area contributed by atoms with Gasteiger partial charge in [0.05, 0.1) is 13.1 Å². The third kappa shape index (κ3) is 5.01. The van der Waals surface area contributed by atoms with Crippen LogP contribution in [0, 0.1) is 5.92 Å². The van der Waals surface area contributed by atoms with Gasteiger partial charge in [-0.25, -0.2) is 4.79 Å². The summed E-state index contributed by atoms with van der Waals surface area (Å²) in [4.78, 5) is 13.5. The van der Waals surface area contributed by atoms with E-state index in [1.165, 1.54) is 0 Å². The minimum Gasteiger partial charge on any atom is -0.454 e. The molecule has 3 unspecified atom stereocenters. The molecule has 3 aromatic rings. The highest BCUT2D eigenvalue weighted by atomic mass is 16.5. The van der Waals surface area contributed by atoms with Gasteiger partial charge in [-0.15, -0.1) is 0 Å². The van der Waals surface area contributed by atoms with Gasteiger partial charge >= 0.3 is 5.97 Å². The lowest BCUT2D eigenvalue weighted by molar-refractivity contribution is -0.949. The van der Waals surface area contributed by atoms with E-state index in [0.29, 0.717) is 12.5 Å². The van der Waals surface area contributed by atoms with E-state index in [-0.39, 0.29) is 12.1 Å². The van der Waals surface area contributed by atoms with E-state index in [4.69, 9.17) is 4.74 Å². The van der Waals surface area contributed by atoms with Crippen molar-refractivity contribution in [2.24, 2.45) is 5.92 Å². The Morgan fingerprint density at radius 1 is 0.882 bits per heavy atom. The first kappa shape index (κ1) is 22.6. The number of hydrogen-bond acceptors (Lipinski definition) is 4. The third-order valence-corrected chi connectivity index (χ3v) is 7.51. The van der Waals surface area contributed by atoms with E-state index in [1.807, 2.05) is 91.0 Å². The smallest absolute Gasteiger partial charge is 0.333 e. The van der Waals surface area contributed by atoms with Crippen molar-refractivity contribution in [2.45, 2.75) is 31.1 Å². The molecule has 176 valence electrons. The zero-order chi connectivity index (χ0) is 23.4. The molecule has 3 aliphatic heterocycles. The first-order valence-corrected chi connectivity index (χ1v) is 12.3. The van der Waals surface area contributed by atoms with Crippen LogP contribution in [0.2, 0.25) is 0 Å². The number of aliphatic hydroxyl groups is 1. The molecule has 0 saturated carbocycles. The van der Waals surface area contributed by atoms with Gasteiger partial charge in [0.25, 0.3) is 0 Å². The summed E-state index contributed by atoms with van der Waals surface area (Å²) >= 11 is 0. The number of fused-ring (bicyclic) bond motifs is 3. The summed E-state index contributed by atoms with van der Waals surface area (Å²) in [5.41, 5.74) is 2.73. The number of ether oxygens (including phenoxy) is 1. The van der Waals surface area contributed by atoms with Gasteiger partial charge in [-0.05, 0) is 23.3 Å². The fraction of sp³-hybridized carbons (Fsp3) is 0.345. The molecule has 3 heterocycles. The quantitative estimate of drug-likeness (QED) is 0.379. The van der Waals surface area contributed by atoms with Gasteiger partial charge in [-0.1, -0.05) is 78.9 Å². The Labute approximate surface area is 201 Å². The fourth-order valence-electron chi connectivity index (χ4n) is 5.60. The molecule has 6 rings (SSSR count). The predicted molar refractivity (Wildman–Crippen MR) is 133 cm³/mol. The minimum atomic E-state index is -0.567. The van der Waals surface area contributed by atoms with E-state index in [2.05, 4.69) is 5.32 Å². The zero-order valence-corrected chi connectivity index (χ0v) is 19.4. The molecule has 2 bridgehead atoms. The fourth-order valence-corrected chi connectivity index (χ4v) is 5.60. The van der Waals surface area contributed by atoms with Crippen LogP contribution in [0.3, 0.4) is 0 Å². The Hall–Kier alpha value is -3.15. The number of anilines is 1. The van der Waals surface area contributed by atoms with Crippen molar-refractivity contribution in [3.63, 3.8) is 0 Å². The topological polar surface area (TPSA) is 58.6 Å². The van der Waals surface area contributed by atoms with Crippen LogP contribution in [0.5, 0.6) is 0 Å². The number of rotatable bonds is 8. The maximum absolute atomic E-state index is 13.5. The molecule has 0 amide bonds. The van der Waals surface area contributed by atoms with E-state index < -0.39 is 12.1 Å². The molecule has 5 nitrogen and oxygen atoms in total. The molecule has 0 spiro atoms. The summed E-state index contributed by atoms with van der Waals surface area (Å²) in [5.74, 6) is 0.154. The lowest BCUT2D eigenvalue weighted by atomic mass is 9.82. The van der Waals surface area contributed by atoms with Crippen LogP contribution in [-0.4, -0.2) is 47.8 Å². The van der Waals surface area contributed by atoms with Gasteiger partial charge in [-0.3, -0.25) is 0 Å². The van der Waals surface area contributed by atoms with E-state index in [1.54, 1.807) is 0 Å². The Morgan fingerprint density at radius 2 is 1.44 bits per heavy atom. The summed E-state index contributed by atoms with van der Waals surface area (Å²) in [7, 11) is 0. The Morgan fingerprint density at radius 3 is 2.06 bits per heavy atom. The van der Waals surface area contributed by atoms with Crippen molar-refractivity contribution in [3.05, 3.63) is 102 Å². The molecule has 3 aromatic carbocycles. The monoisotopic (exact) mass is 457 g/mol. The second-order valence-electron chi connectivity index (χ2n) is 9.75. The number of nitrogens with one attached hydrogen (secondary N) is 1. The molecule has 0 aliphatic carbocycles. The van der Waals surface area contributed by atoms with E-state index in [9.17, 15) is 9.90 Å². The Kier molecular flexibility index (Phi) is 6.66. The number of carbonyl (C=O) groups is 1. The number of carbonyl (C=O) groups excluding carboxylic acids is 1. The molecule has 0 aromatic heterocycles. The van der Waals surface area contributed by atoms with Crippen molar-refractivity contribution in [1.29, 1.82) is 0 Å². The third-order valence-electron chi connectivity index (χ3n) is 7.51. The average Bonchev–Trinajstić information content (AvgIpc) is 2.89. The Balaban J connectivity index is 1.30. The zero-order valence-electron chi connectivity index (χ0n) is 19.4. The van der Waals surface area contributed by atoms with Gasteiger partial charge in [0.15, 0.2) is 12.1 Å². The number of quaternary nitrogens is 1. The predicted octanol–water partition coefficient (Wildman–Crippen LogP) is 4.73. The molecule has 3 fully saturated rings. The first-order chi connectivity index (χ1) is 16.6.